The number of hydrogen-bond donors (Lipinski definition) is 2. The number of anilines is 1. The smallest absolute Gasteiger partial charge is 0.136 e. The van der Waals surface area contributed by atoms with Crippen molar-refractivity contribution in [1.82, 2.24) is 0 Å². The van der Waals surface area contributed by atoms with E-state index in [1.54, 1.807) is 4.90 Å². The van der Waals surface area contributed by atoms with E-state index in [0.717, 1.165) is 22.4 Å². The average Bonchev–Trinajstić information content (AvgIpc) is 2.69. The molecule has 0 aliphatic carbocycles. The van der Waals surface area contributed by atoms with E-state index >= 15 is 0 Å². The SMILES string of the molecule is OCN1c2ccccc2C(c2ccccc2)C(c2ccc(Cl)cc2)C1O. The summed E-state index contributed by atoms with van der Waals surface area (Å²) in [5.41, 5.74) is 4.08. The Kier molecular flexibility index (Phi) is 4.68. The first kappa shape index (κ1) is 17.1. The van der Waals surface area contributed by atoms with Crippen molar-refractivity contribution in [3.63, 3.8) is 0 Å². The van der Waals surface area contributed by atoms with Crippen LogP contribution in [-0.2, 0) is 0 Å². The summed E-state index contributed by atoms with van der Waals surface area (Å²) in [5.74, 6) is -0.247. The van der Waals surface area contributed by atoms with Crippen LogP contribution < -0.4 is 4.90 Å². The summed E-state index contributed by atoms with van der Waals surface area (Å²) in [6.45, 7) is -0.246. The van der Waals surface area contributed by atoms with Gasteiger partial charge in [-0.25, -0.2) is 0 Å². The molecule has 0 saturated carbocycles. The summed E-state index contributed by atoms with van der Waals surface area (Å²) in [7, 11) is 0. The van der Waals surface area contributed by atoms with Crippen LogP contribution in [0, 0.1) is 0 Å². The molecular formula is C22H20ClNO2. The molecule has 3 nitrogen and oxygen atoms in total. The van der Waals surface area contributed by atoms with Gasteiger partial charge in [0.2, 0.25) is 0 Å². The molecule has 0 bridgehead atoms. The highest BCUT2D eigenvalue weighted by atomic mass is 35.5. The Morgan fingerprint density at radius 2 is 1.46 bits per heavy atom. The highest BCUT2D eigenvalue weighted by Crippen LogP contribution is 2.49. The van der Waals surface area contributed by atoms with Gasteiger partial charge in [0.05, 0.1) is 0 Å². The van der Waals surface area contributed by atoms with Crippen LogP contribution in [-0.4, -0.2) is 23.2 Å². The van der Waals surface area contributed by atoms with Crippen molar-refractivity contribution in [3.8, 4) is 0 Å². The fourth-order valence-electron chi connectivity index (χ4n) is 3.97. The number of benzene rings is 3. The maximum absolute atomic E-state index is 11.2. The van der Waals surface area contributed by atoms with Crippen molar-refractivity contribution < 1.29 is 10.2 Å². The lowest BCUT2D eigenvalue weighted by Crippen LogP contribution is -2.46. The minimum atomic E-state index is -0.846. The molecule has 0 spiro atoms. The van der Waals surface area contributed by atoms with Crippen LogP contribution in [0.3, 0.4) is 0 Å². The number of aliphatic hydroxyl groups is 2. The Bertz CT molecular complexity index is 882. The molecule has 1 heterocycles. The largest absolute Gasteiger partial charge is 0.376 e. The van der Waals surface area contributed by atoms with E-state index in [2.05, 4.69) is 18.2 Å². The Morgan fingerprint density at radius 3 is 2.15 bits per heavy atom. The third-order valence-corrected chi connectivity index (χ3v) is 5.40. The quantitative estimate of drug-likeness (QED) is 0.725. The number of rotatable bonds is 3. The summed E-state index contributed by atoms with van der Waals surface area (Å²) < 4.78 is 0. The molecular weight excluding hydrogens is 346 g/mol. The molecule has 0 radical (unpaired) electrons. The fraction of sp³-hybridized carbons (Fsp3) is 0.182. The second-order valence-corrected chi connectivity index (χ2v) is 6.99. The molecule has 2 N–H and O–H groups in total. The Morgan fingerprint density at radius 1 is 0.808 bits per heavy atom. The summed E-state index contributed by atoms with van der Waals surface area (Å²) in [4.78, 5) is 1.65. The topological polar surface area (TPSA) is 43.7 Å². The molecule has 0 aromatic heterocycles. The van der Waals surface area contributed by atoms with Crippen LogP contribution in [0.25, 0.3) is 0 Å². The lowest BCUT2D eigenvalue weighted by molar-refractivity contribution is 0.0975. The minimum absolute atomic E-state index is 0.0219. The summed E-state index contributed by atoms with van der Waals surface area (Å²) in [5, 5.41) is 21.7. The Labute approximate surface area is 158 Å². The number of halogens is 1. The van der Waals surface area contributed by atoms with Gasteiger partial charge in [-0.3, -0.25) is 0 Å². The van der Waals surface area contributed by atoms with Crippen molar-refractivity contribution in [3.05, 3.63) is 101 Å². The molecule has 0 fully saturated rings. The van der Waals surface area contributed by atoms with Gasteiger partial charge < -0.3 is 15.1 Å². The Hall–Kier alpha value is -2.33. The van der Waals surface area contributed by atoms with Crippen molar-refractivity contribution in [2.75, 3.05) is 11.6 Å². The molecule has 3 atom stereocenters. The lowest BCUT2D eigenvalue weighted by atomic mass is 9.73. The third-order valence-electron chi connectivity index (χ3n) is 5.15. The van der Waals surface area contributed by atoms with E-state index in [1.165, 1.54) is 0 Å². The van der Waals surface area contributed by atoms with E-state index in [1.807, 2.05) is 60.7 Å². The normalized spacial score (nSPS) is 22.1. The van der Waals surface area contributed by atoms with Crippen molar-refractivity contribution >= 4 is 17.3 Å². The summed E-state index contributed by atoms with van der Waals surface area (Å²) in [6, 6.07) is 25.7. The van der Waals surface area contributed by atoms with Gasteiger partial charge in [-0.15, -0.1) is 0 Å². The third kappa shape index (κ3) is 2.88. The first-order chi connectivity index (χ1) is 12.7. The molecule has 4 heteroatoms. The molecule has 1 aliphatic heterocycles. The lowest BCUT2D eigenvalue weighted by Gasteiger charge is -2.44. The van der Waals surface area contributed by atoms with E-state index in [4.69, 9.17) is 11.6 Å². The van der Waals surface area contributed by atoms with Gasteiger partial charge in [0, 0.05) is 22.5 Å². The molecule has 3 aromatic rings. The van der Waals surface area contributed by atoms with E-state index in [0.29, 0.717) is 5.02 Å². The zero-order valence-corrected chi connectivity index (χ0v) is 14.9. The Balaban J connectivity index is 1.93. The van der Waals surface area contributed by atoms with Crippen LogP contribution in [0.1, 0.15) is 28.5 Å². The predicted molar refractivity (Wildman–Crippen MR) is 104 cm³/mol. The second-order valence-electron chi connectivity index (χ2n) is 6.55. The van der Waals surface area contributed by atoms with Crippen molar-refractivity contribution in [2.24, 2.45) is 0 Å². The molecule has 1 aliphatic rings. The van der Waals surface area contributed by atoms with Crippen LogP contribution in [0.4, 0.5) is 5.69 Å². The monoisotopic (exact) mass is 365 g/mol. The van der Waals surface area contributed by atoms with Gasteiger partial charge in [0.25, 0.3) is 0 Å². The number of aliphatic hydroxyl groups excluding tert-OH is 2. The van der Waals surface area contributed by atoms with Crippen LogP contribution in [0.2, 0.25) is 5.02 Å². The molecule has 0 amide bonds. The van der Waals surface area contributed by atoms with Gasteiger partial charge in [-0.05, 0) is 34.9 Å². The first-order valence-electron chi connectivity index (χ1n) is 8.65. The maximum Gasteiger partial charge on any atom is 0.136 e. The summed E-state index contributed by atoms with van der Waals surface area (Å²) in [6.07, 6.45) is -0.846. The fourth-order valence-corrected chi connectivity index (χ4v) is 4.10. The van der Waals surface area contributed by atoms with Crippen LogP contribution in [0.5, 0.6) is 0 Å². The summed E-state index contributed by atoms with van der Waals surface area (Å²) >= 11 is 6.06. The van der Waals surface area contributed by atoms with E-state index in [9.17, 15) is 10.2 Å². The van der Waals surface area contributed by atoms with Crippen LogP contribution >= 0.6 is 11.6 Å². The van der Waals surface area contributed by atoms with Gasteiger partial charge in [0.15, 0.2) is 0 Å². The van der Waals surface area contributed by atoms with Crippen LogP contribution in [0.15, 0.2) is 78.9 Å². The van der Waals surface area contributed by atoms with Gasteiger partial charge in [-0.1, -0.05) is 72.3 Å². The molecule has 132 valence electrons. The average molecular weight is 366 g/mol. The molecule has 4 rings (SSSR count). The predicted octanol–water partition coefficient (Wildman–Crippen LogP) is 4.34. The number of fused-ring (bicyclic) bond motifs is 1. The van der Waals surface area contributed by atoms with Gasteiger partial charge in [0.1, 0.15) is 13.0 Å². The zero-order chi connectivity index (χ0) is 18.1. The second kappa shape index (κ2) is 7.12. The highest BCUT2D eigenvalue weighted by Gasteiger charge is 2.41. The van der Waals surface area contributed by atoms with Crippen molar-refractivity contribution in [1.29, 1.82) is 0 Å². The van der Waals surface area contributed by atoms with Crippen molar-refractivity contribution in [2.45, 2.75) is 18.1 Å². The van der Waals surface area contributed by atoms with E-state index < -0.39 is 6.23 Å². The molecule has 3 aromatic carbocycles. The first-order valence-corrected chi connectivity index (χ1v) is 9.03. The number of hydrogen-bond acceptors (Lipinski definition) is 3. The van der Waals surface area contributed by atoms with E-state index in [-0.39, 0.29) is 18.6 Å². The number of para-hydroxylation sites is 1. The van der Waals surface area contributed by atoms with Gasteiger partial charge in [-0.2, -0.15) is 0 Å². The standard InChI is InChI=1S/C22H20ClNO2/c23-17-12-10-16(11-13-17)21-20(15-6-2-1-3-7-15)18-8-4-5-9-19(18)24(14-25)22(21)26/h1-13,20-22,25-26H,14H2. The molecule has 26 heavy (non-hydrogen) atoms. The zero-order valence-electron chi connectivity index (χ0n) is 14.2. The molecule has 0 saturated heterocycles. The minimum Gasteiger partial charge on any atom is -0.376 e. The van der Waals surface area contributed by atoms with Gasteiger partial charge >= 0.3 is 0 Å². The number of nitrogens with zero attached hydrogens (tertiary/aromatic N) is 1. The molecule has 3 unspecified atom stereocenters. The highest BCUT2D eigenvalue weighted by molar-refractivity contribution is 6.30. The maximum atomic E-state index is 11.2.